The van der Waals surface area contributed by atoms with Crippen LogP contribution in [-0.4, -0.2) is 26.6 Å². The van der Waals surface area contributed by atoms with Gasteiger partial charge in [-0.3, -0.25) is 4.79 Å². The second kappa shape index (κ2) is 6.77. The van der Waals surface area contributed by atoms with Gasteiger partial charge in [-0.1, -0.05) is 36.4 Å². The molecule has 0 amide bonds. The first-order valence-electron chi connectivity index (χ1n) is 8.20. The zero-order valence-electron chi connectivity index (χ0n) is 13.7. The Morgan fingerprint density at radius 2 is 1.62 bits per heavy atom. The number of benzene rings is 2. The highest BCUT2D eigenvalue weighted by Crippen LogP contribution is 2.31. The van der Waals surface area contributed by atoms with Crippen molar-refractivity contribution in [1.29, 1.82) is 0 Å². The molecule has 2 aromatic carbocycles. The van der Waals surface area contributed by atoms with E-state index in [4.69, 9.17) is 0 Å². The number of aryl methyl sites for hydroxylation is 1. The normalized spacial score (nSPS) is 15.3. The van der Waals surface area contributed by atoms with Gasteiger partial charge in [0.05, 0.1) is 10.6 Å². The molecule has 1 aliphatic heterocycles. The van der Waals surface area contributed by atoms with Crippen molar-refractivity contribution in [2.45, 2.75) is 31.1 Å². The molecule has 2 aromatic rings. The van der Waals surface area contributed by atoms with Gasteiger partial charge < -0.3 is 4.90 Å². The van der Waals surface area contributed by atoms with E-state index in [0.717, 1.165) is 37.9 Å². The number of nitrogens with zero attached hydrogens (tertiary/aromatic N) is 1. The number of carbonyl (C=O) groups excluding carboxylic acids is 1. The summed E-state index contributed by atoms with van der Waals surface area (Å²) in [5.41, 5.74) is 1.84. The number of carbonyl (C=O) groups is 1. The highest BCUT2D eigenvalue weighted by molar-refractivity contribution is 8.06. The van der Waals surface area contributed by atoms with Crippen LogP contribution in [0.5, 0.6) is 0 Å². The van der Waals surface area contributed by atoms with E-state index in [1.54, 1.807) is 30.3 Å². The van der Waals surface area contributed by atoms with Crippen LogP contribution in [0.25, 0.3) is 0 Å². The predicted molar refractivity (Wildman–Crippen MR) is 95.2 cm³/mol. The fourth-order valence-electron chi connectivity index (χ4n) is 3.07. The molecule has 3 rings (SSSR count). The lowest BCUT2D eigenvalue weighted by Gasteiger charge is -2.30. The molecule has 1 fully saturated rings. The van der Waals surface area contributed by atoms with Crippen molar-refractivity contribution < 1.29 is 13.2 Å². The number of piperidine rings is 1. The summed E-state index contributed by atoms with van der Waals surface area (Å²) in [5, 5.41) is -0.842. The Morgan fingerprint density at radius 1 is 0.958 bits per heavy atom. The maximum Gasteiger partial charge on any atom is 0.281 e. The van der Waals surface area contributed by atoms with E-state index < -0.39 is 15.0 Å². The lowest BCUT2D eigenvalue weighted by Crippen LogP contribution is -2.31. The summed E-state index contributed by atoms with van der Waals surface area (Å²) in [6.45, 7) is 3.58. The van der Waals surface area contributed by atoms with Gasteiger partial charge in [0.1, 0.15) is 0 Å². The number of hydrogen-bond acceptors (Lipinski definition) is 4. The Bertz CT molecular complexity index is 838. The highest BCUT2D eigenvalue weighted by atomic mass is 32.2. The maximum absolute atomic E-state index is 12.9. The van der Waals surface area contributed by atoms with Crippen LogP contribution >= 0.6 is 0 Å². The molecule has 1 aliphatic rings. The van der Waals surface area contributed by atoms with Crippen molar-refractivity contribution in [2.75, 3.05) is 18.0 Å². The number of hydrogen-bond donors (Lipinski definition) is 0. The van der Waals surface area contributed by atoms with Crippen LogP contribution in [-0.2, 0) is 9.84 Å². The molecule has 0 atom stereocenters. The molecule has 0 aromatic heterocycles. The second-order valence-corrected chi connectivity index (χ2v) is 7.99. The van der Waals surface area contributed by atoms with Gasteiger partial charge in [0.15, 0.2) is 0 Å². The van der Waals surface area contributed by atoms with Crippen LogP contribution in [0.4, 0.5) is 5.69 Å². The van der Waals surface area contributed by atoms with Crippen molar-refractivity contribution in [3.05, 3.63) is 59.7 Å². The molecule has 4 nitrogen and oxygen atoms in total. The summed E-state index contributed by atoms with van der Waals surface area (Å²) in [6, 6.07) is 13.4. The second-order valence-electron chi connectivity index (χ2n) is 6.18. The fourth-order valence-corrected chi connectivity index (χ4v) is 4.42. The van der Waals surface area contributed by atoms with Gasteiger partial charge in [-0.25, -0.2) is 8.42 Å². The fraction of sp³-hybridized carbons (Fsp3) is 0.316. The molecular weight excluding hydrogens is 322 g/mol. The zero-order chi connectivity index (χ0) is 17.2. The van der Waals surface area contributed by atoms with Crippen molar-refractivity contribution in [3.63, 3.8) is 0 Å². The molecule has 0 saturated carbocycles. The molecule has 0 radical (unpaired) electrons. The summed E-state index contributed by atoms with van der Waals surface area (Å²) in [4.78, 5) is 14.8. The van der Waals surface area contributed by atoms with Gasteiger partial charge in [0.2, 0.25) is 9.84 Å². The van der Waals surface area contributed by atoms with Crippen molar-refractivity contribution in [1.82, 2.24) is 0 Å². The Morgan fingerprint density at radius 3 is 2.29 bits per heavy atom. The summed E-state index contributed by atoms with van der Waals surface area (Å²) in [5.74, 6) is 0. The Labute approximate surface area is 143 Å². The van der Waals surface area contributed by atoms with Crippen LogP contribution in [0.15, 0.2) is 53.4 Å². The first kappa shape index (κ1) is 16.7. The van der Waals surface area contributed by atoms with Gasteiger partial charge in [0, 0.05) is 18.7 Å². The van der Waals surface area contributed by atoms with Gasteiger partial charge in [-0.15, -0.1) is 0 Å². The third-order valence-corrected chi connectivity index (χ3v) is 6.00. The van der Waals surface area contributed by atoms with Crippen LogP contribution < -0.4 is 4.90 Å². The average molecular weight is 343 g/mol. The molecule has 0 bridgehead atoms. The van der Waals surface area contributed by atoms with E-state index in [1.807, 2.05) is 13.0 Å². The van der Waals surface area contributed by atoms with Crippen LogP contribution in [0, 0.1) is 6.92 Å². The van der Waals surface area contributed by atoms with Gasteiger partial charge in [0.25, 0.3) is 5.12 Å². The minimum atomic E-state index is -4.07. The topological polar surface area (TPSA) is 54.5 Å². The number of anilines is 1. The van der Waals surface area contributed by atoms with E-state index in [1.165, 1.54) is 12.1 Å². The molecule has 1 heterocycles. The first-order chi connectivity index (χ1) is 11.5. The number of sulfone groups is 1. The molecule has 24 heavy (non-hydrogen) atoms. The lowest BCUT2D eigenvalue weighted by atomic mass is 10.1. The van der Waals surface area contributed by atoms with Crippen molar-refractivity contribution >= 4 is 20.6 Å². The van der Waals surface area contributed by atoms with Gasteiger partial charge in [-0.2, -0.15) is 0 Å². The van der Waals surface area contributed by atoms with E-state index in [2.05, 4.69) is 4.90 Å². The van der Waals surface area contributed by atoms with Gasteiger partial charge >= 0.3 is 0 Å². The average Bonchev–Trinajstić information content (AvgIpc) is 2.62. The molecule has 126 valence electrons. The SMILES string of the molecule is Cc1ccc(S(=O)(=O)C(=O)c2ccccc2)c(N2CCCCC2)c1. The van der Waals surface area contributed by atoms with E-state index in [-0.39, 0.29) is 10.5 Å². The molecule has 5 heteroatoms. The Hall–Kier alpha value is -2.14. The van der Waals surface area contributed by atoms with Gasteiger partial charge in [-0.05, 0) is 43.9 Å². The summed E-state index contributed by atoms with van der Waals surface area (Å²) in [7, 11) is -4.07. The zero-order valence-corrected chi connectivity index (χ0v) is 14.6. The molecule has 1 saturated heterocycles. The summed E-state index contributed by atoms with van der Waals surface area (Å²) >= 11 is 0. The lowest BCUT2D eigenvalue weighted by molar-refractivity contribution is 0.107. The van der Waals surface area contributed by atoms with Crippen molar-refractivity contribution in [3.8, 4) is 0 Å². The smallest absolute Gasteiger partial charge is 0.281 e. The minimum absolute atomic E-state index is 0.115. The summed E-state index contributed by atoms with van der Waals surface area (Å²) in [6.07, 6.45) is 3.24. The third kappa shape index (κ3) is 3.22. The quantitative estimate of drug-likeness (QED) is 0.854. The highest BCUT2D eigenvalue weighted by Gasteiger charge is 2.30. The third-order valence-electron chi connectivity index (χ3n) is 4.35. The monoisotopic (exact) mass is 343 g/mol. The molecule has 0 aliphatic carbocycles. The largest absolute Gasteiger partial charge is 0.370 e. The molecule has 0 N–H and O–H groups in total. The molecule has 0 spiro atoms. The molecular formula is C19H21NO3S. The first-order valence-corrected chi connectivity index (χ1v) is 9.68. The van der Waals surface area contributed by atoms with E-state index in [0.29, 0.717) is 5.69 Å². The number of rotatable bonds is 3. The van der Waals surface area contributed by atoms with Crippen LogP contribution in [0.1, 0.15) is 35.2 Å². The van der Waals surface area contributed by atoms with E-state index in [9.17, 15) is 13.2 Å². The van der Waals surface area contributed by atoms with Crippen molar-refractivity contribution in [2.24, 2.45) is 0 Å². The Balaban J connectivity index is 2.06. The Kier molecular flexibility index (Phi) is 4.71. The minimum Gasteiger partial charge on any atom is -0.370 e. The standard InChI is InChI=1S/C19H21NO3S/c1-15-10-11-18(17(14-15)20-12-6-3-7-13-20)24(22,23)19(21)16-8-4-2-5-9-16/h2,4-5,8-11,14H,3,6-7,12-13H2,1H3. The predicted octanol–water partition coefficient (Wildman–Crippen LogP) is 3.60. The summed E-state index contributed by atoms with van der Waals surface area (Å²) < 4.78 is 25.9. The maximum atomic E-state index is 12.9. The van der Waals surface area contributed by atoms with Crippen LogP contribution in [0.3, 0.4) is 0 Å². The molecule has 0 unspecified atom stereocenters. The van der Waals surface area contributed by atoms with E-state index >= 15 is 0 Å². The van der Waals surface area contributed by atoms with Crippen LogP contribution in [0.2, 0.25) is 0 Å².